The van der Waals surface area contributed by atoms with E-state index < -0.39 is 11.6 Å². The highest BCUT2D eigenvalue weighted by Crippen LogP contribution is 2.26. The van der Waals surface area contributed by atoms with Gasteiger partial charge in [-0.3, -0.25) is 14.6 Å². The Balaban J connectivity index is 2.03. The fourth-order valence-electron chi connectivity index (χ4n) is 2.13. The second kappa shape index (κ2) is 5.46. The van der Waals surface area contributed by atoms with Crippen LogP contribution in [0.5, 0.6) is 0 Å². The van der Waals surface area contributed by atoms with E-state index >= 15 is 0 Å². The zero-order chi connectivity index (χ0) is 14.8. The number of allylic oxidation sites excluding steroid dienone is 1. The maximum absolute atomic E-state index is 11.8. The minimum Gasteiger partial charge on any atom is -0.285 e. The average molecular weight is 296 g/mol. The molecule has 0 heterocycles. The number of aliphatic imine (C=N–C) groups is 1. The van der Waals surface area contributed by atoms with Crippen molar-refractivity contribution in [3.8, 4) is 0 Å². The molecular formula is C17H10ClNO2. The van der Waals surface area contributed by atoms with Gasteiger partial charge in [0.2, 0.25) is 11.6 Å². The number of benzene rings is 2. The molecule has 0 unspecified atom stereocenters. The topological polar surface area (TPSA) is 46.5 Å². The fraction of sp³-hybridized carbons (Fsp3) is 0. The molecule has 3 nitrogen and oxygen atoms in total. The molecule has 4 heteroatoms. The van der Waals surface area contributed by atoms with Crippen molar-refractivity contribution >= 4 is 35.1 Å². The summed E-state index contributed by atoms with van der Waals surface area (Å²) in [5.41, 5.74) is 2.26. The van der Waals surface area contributed by atoms with Crippen molar-refractivity contribution in [1.29, 1.82) is 0 Å². The summed E-state index contributed by atoms with van der Waals surface area (Å²) in [7, 11) is 0. The van der Waals surface area contributed by atoms with E-state index in [1.807, 2.05) is 18.2 Å². The monoisotopic (exact) mass is 295 g/mol. The van der Waals surface area contributed by atoms with E-state index in [-0.39, 0.29) is 0 Å². The Kier molecular flexibility index (Phi) is 3.50. The SMILES string of the molecule is O=C1C=C(N=Cc2ccccc2Cl)c2ccccc2C1=O. The van der Waals surface area contributed by atoms with Gasteiger partial charge in [-0.2, -0.15) is 0 Å². The van der Waals surface area contributed by atoms with Gasteiger partial charge in [-0.25, -0.2) is 0 Å². The van der Waals surface area contributed by atoms with Crippen molar-refractivity contribution < 1.29 is 9.59 Å². The summed E-state index contributed by atoms with van der Waals surface area (Å²) in [6.45, 7) is 0. The molecule has 0 N–H and O–H groups in total. The molecule has 0 fully saturated rings. The molecule has 0 bridgehead atoms. The molecule has 0 amide bonds. The van der Waals surface area contributed by atoms with Crippen LogP contribution >= 0.6 is 11.6 Å². The predicted molar refractivity (Wildman–Crippen MR) is 82.8 cm³/mol. The lowest BCUT2D eigenvalue weighted by Crippen LogP contribution is -2.18. The Morgan fingerprint density at radius 2 is 1.57 bits per heavy atom. The van der Waals surface area contributed by atoms with Gasteiger partial charge in [-0.1, -0.05) is 54.1 Å². The third-order valence-electron chi connectivity index (χ3n) is 3.19. The first kappa shape index (κ1) is 13.5. The lowest BCUT2D eigenvalue weighted by atomic mass is 9.93. The van der Waals surface area contributed by atoms with Gasteiger partial charge in [0.25, 0.3) is 0 Å². The largest absolute Gasteiger partial charge is 0.285 e. The summed E-state index contributed by atoms with van der Waals surface area (Å²) >= 11 is 6.06. The van der Waals surface area contributed by atoms with Crippen LogP contribution in [-0.4, -0.2) is 17.8 Å². The normalized spacial score (nSPS) is 14.2. The van der Waals surface area contributed by atoms with Crippen LogP contribution in [0.25, 0.3) is 5.70 Å². The van der Waals surface area contributed by atoms with Crippen LogP contribution < -0.4 is 0 Å². The molecule has 2 aromatic rings. The number of carbonyl (C=O) groups is 2. The van der Waals surface area contributed by atoms with Gasteiger partial charge >= 0.3 is 0 Å². The van der Waals surface area contributed by atoms with Crippen LogP contribution in [-0.2, 0) is 4.79 Å². The third kappa shape index (κ3) is 2.56. The molecular weight excluding hydrogens is 286 g/mol. The number of halogens is 1. The first-order chi connectivity index (χ1) is 10.2. The van der Waals surface area contributed by atoms with E-state index in [1.54, 1.807) is 36.5 Å². The minimum absolute atomic E-state index is 0.385. The maximum Gasteiger partial charge on any atom is 0.233 e. The molecule has 2 aromatic carbocycles. The first-order valence-electron chi connectivity index (χ1n) is 6.35. The van der Waals surface area contributed by atoms with E-state index in [0.29, 0.717) is 21.8 Å². The van der Waals surface area contributed by atoms with E-state index in [2.05, 4.69) is 4.99 Å². The quantitative estimate of drug-likeness (QED) is 0.628. The summed E-state index contributed by atoms with van der Waals surface area (Å²) in [6, 6.07) is 14.2. The van der Waals surface area contributed by atoms with Crippen molar-refractivity contribution in [2.45, 2.75) is 0 Å². The summed E-state index contributed by atoms with van der Waals surface area (Å²) < 4.78 is 0. The number of hydrogen-bond acceptors (Lipinski definition) is 3. The van der Waals surface area contributed by atoms with Crippen molar-refractivity contribution in [1.82, 2.24) is 0 Å². The summed E-state index contributed by atoms with van der Waals surface area (Å²) in [5.74, 6) is -1.05. The summed E-state index contributed by atoms with van der Waals surface area (Å²) in [4.78, 5) is 27.9. The Bertz CT molecular complexity index is 806. The van der Waals surface area contributed by atoms with Gasteiger partial charge in [-0.05, 0) is 6.07 Å². The van der Waals surface area contributed by atoms with E-state index in [0.717, 1.165) is 5.56 Å². The maximum atomic E-state index is 11.8. The number of fused-ring (bicyclic) bond motifs is 1. The molecule has 0 aliphatic heterocycles. The lowest BCUT2D eigenvalue weighted by Gasteiger charge is -2.12. The molecule has 3 rings (SSSR count). The lowest BCUT2D eigenvalue weighted by molar-refractivity contribution is -0.111. The smallest absolute Gasteiger partial charge is 0.233 e. The van der Waals surface area contributed by atoms with E-state index in [4.69, 9.17) is 11.6 Å². The molecule has 0 atom stereocenters. The Labute approximate surface area is 126 Å². The van der Waals surface area contributed by atoms with Crippen LogP contribution in [0.1, 0.15) is 21.5 Å². The number of Topliss-reactive ketones (excluding diaryl/α,β-unsaturated/α-hetero) is 1. The number of nitrogens with zero attached hydrogens (tertiary/aromatic N) is 1. The first-order valence-corrected chi connectivity index (χ1v) is 6.73. The Hall–Kier alpha value is -2.52. The van der Waals surface area contributed by atoms with Crippen molar-refractivity contribution in [3.63, 3.8) is 0 Å². The second-order valence-electron chi connectivity index (χ2n) is 4.55. The molecule has 0 radical (unpaired) electrons. The third-order valence-corrected chi connectivity index (χ3v) is 3.53. The van der Waals surface area contributed by atoms with Gasteiger partial charge in [0.05, 0.1) is 5.70 Å². The van der Waals surface area contributed by atoms with Gasteiger partial charge in [0.1, 0.15) is 0 Å². The van der Waals surface area contributed by atoms with Gasteiger partial charge in [0, 0.05) is 34.0 Å². The van der Waals surface area contributed by atoms with Gasteiger partial charge < -0.3 is 0 Å². The van der Waals surface area contributed by atoms with E-state index in [1.165, 1.54) is 6.08 Å². The number of carbonyl (C=O) groups excluding carboxylic acids is 2. The van der Waals surface area contributed by atoms with Gasteiger partial charge in [0.15, 0.2) is 0 Å². The number of rotatable bonds is 2. The predicted octanol–water partition coefficient (Wildman–Crippen LogP) is 3.57. The highest BCUT2D eigenvalue weighted by molar-refractivity contribution is 6.50. The second-order valence-corrected chi connectivity index (χ2v) is 4.96. The minimum atomic E-state index is -0.556. The van der Waals surface area contributed by atoms with Crippen molar-refractivity contribution in [3.05, 3.63) is 76.3 Å². The standard InChI is InChI=1S/C17H10ClNO2/c18-14-8-4-1-5-11(14)10-19-15-9-16(20)17(21)13-7-3-2-6-12(13)15/h1-10H. The molecule has 0 spiro atoms. The molecule has 1 aliphatic rings. The van der Waals surface area contributed by atoms with E-state index in [9.17, 15) is 9.59 Å². The number of ketones is 2. The van der Waals surface area contributed by atoms with Crippen LogP contribution in [0.15, 0.2) is 59.6 Å². The molecule has 0 saturated carbocycles. The van der Waals surface area contributed by atoms with Crippen LogP contribution in [0.2, 0.25) is 5.02 Å². The highest BCUT2D eigenvalue weighted by Gasteiger charge is 2.24. The zero-order valence-corrected chi connectivity index (χ0v) is 11.7. The summed E-state index contributed by atoms with van der Waals surface area (Å²) in [5, 5.41) is 0.577. The highest BCUT2D eigenvalue weighted by atomic mass is 35.5. The van der Waals surface area contributed by atoms with Crippen LogP contribution in [0.4, 0.5) is 0 Å². The molecule has 0 aromatic heterocycles. The molecule has 0 saturated heterocycles. The zero-order valence-electron chi connectivity index (χ0n) is 10.9. The van der Waals surface area contributed by atoms with Crippen molar-refractivity contribution in [2.24, 2.45) is 4.99 Å². The van der Waals surface area contributed by atoms with Crippen molar-refractivity contribution in [2.75, 3.05) is 0 Å². The van der Waals surface area contributed by atoms with Gasteiger partial charge in [-0.15, -0.1) is 0 Å². The Morgan fingerprint density at radius 1 is 0.905 bits per heavy atom. The molecule has 1 aliphatic carbocycles. The fourth-order valence-corrected chi connectivity index (χ4v) is 2.31. The van der Waals surface area contributed by atoms with Crippen LogP contribution in [0, 0.1) is 0 Å². The Morgan fingerprint density at radius 3 is 2.33 bits per heavy atom. The number of hydrogen-bond donors (Lipinski definition) is 0. The molecule has 102 valence electrons. The average Bonchev–Trinajstić information content (AvgIpc) is 2.51. The summed E-state index contributed by atoms with van der Waals surface area (Å²) in [6.07, 6.45) is 2.85. The molecule has 21 heavy (non-hydrogen) atoms. The van der Waals surface area contributed by atoms with Crippen LogP contribution in [0.3, 0.4) is 0 Å².